The Bertz CT molecular complexity index is 482. The number of benzene rings is 1. The lowest BCUT2D eigenvalue weighted by atomic mass is 9.95. The summed E-state index contributed by atoms with van der Waals surface area (Å²) in [5, 5.41) is 6.30. The van der Waals surface area contributed by atoms with Crippen molar-refractivity contribution < 1.29 is 9.53 Å². The van der Waals surface area contributed by atoms with Crippen LogP contribution in [0.1, 0.15) is 52.4 Å². The van der Waals surface area contributed by atoms with Gasteiger partial charge in [-0.3, -0.25) is 4.79 Å². The van der Waals surface area contributed by atoms with Crippen molar-refractivity contribution in [3.05, 3.63) is 24.3 Å². The summed E-state index contributed by atoms with van der Waals surface area (Å²) in [5.41, 5.74) is 0.922. The lowest BCUT2D eigenvalue weighted by Gasteiger charge is -2.22. The van der Waals surface area contributed by atoms with Gasteiger partial charge in [0, 0.05) is 17.8 Å². The summed E-state index contributed by atoms with van der Waals surface area (Å²) in [6.45, 7) is 5.41. The zero-order valence-electron chi connectivity index (χ0n) is 14.4. The van der Waals surface area contributed by atoms with Gasteiger partial charge < -0.3 is 15.4 Å². The maximum Gasteiger partial charge on any atom is 0.239 e. The third kappa shape index (κ3) is 6.93. The topological polar surface area (TPSA) is 50.4 Å². The van der Waals surface area contributed by atoms with Gasteiger partial charge in [-0.15, -0.1) is 0 Å². The summed E-state index contributed by atoms with van der Waals surface area (Å²) in [6.07, 6.45) is 7.04. The van der Waals surface area contributed by atoms with E-state index in [1.807, 2.05) is 24.3 Å². The molecule has 4 nitrogen and oxygen atoms in total. The van der Waals surface area contributed by atoms with Crippen LogP contribution in [0.5, 0.6) is 5.75 Å². The molecule has 0 spiro atoms. The van der Waals surface area contributed by atoms with Crippen LogP contribution in [-0.2, 0) is 4.79 Å². The number of ether oxygens (including phenoxy) is 1. The predicted molar refractivity (Wildman–Crippen MR) is 94.9 cm³/mol. The van der Waals surface area contributed by atoms with Crippen molar-refractivity contribution in [2.24, 2.45) is 5.92 Å². The zero-order chi connectivity index (χ0) is 16.5. The minimum absolute atomic E-state index is 0.0722. The molecule has 4 heteroatoms. The molecular weight excluding hydrogens is 288 g/mol. The largest absolute Gasteiger partial charge is 0.494 e. The van der Waals surface area contributed by atoms with Gasteiger partial charge in [-0.2, -0.15) is 0 Å². The number of nitrogens with one attached hydrogen (secondary N) is 2. The second-order valence-electron chi connectivity index (χ2n) is 6.81. The molecular formula is C19H30N2O2. The van der Waals surface area contributed by atoms with Crippen molar-refractivity contribution >= 4 is 11.6 Å². The molecule has 1 aliphatic rings. The highest BCUT2D eigenvalue weighted by atomic mass is 16.5. The lowest BCUT2D eigenvalue weighted by Crippen LogP contribution is -2.39. The first-order chi connectivity index (χ1) is 11.1. The Kier molecular flexibility index (Phi) is 7.24. The van der Waals surface area contributed by atoms with Crippen molar-refractivity contribution in [1.29, 1.82) is 0 Å². The predicted octanol–water partition coefficient (Wildman–Crippen LogP) is 3.97. The average molecular weight is 318 g/mol. The minimum atomic E-state index is 0.0722. The Balaban J connectivity index is 1.72. The smallest absolute Gasteiger partial charge is 0.239 e. The summed E-state index contributed by atoms with van der Waals surface area (Å²) in [7, 11) is 0. The maximum atomic E-state index is 12.0. The number of carbonyl (C=O) groups is 1. The Labute approximate surface area is 140 Å². The molecule has 1 aliphatic carbocycles. The Morgan fingerprint density at radius 1 is 1.26 bits per heavy atom. The zero-order valence-corrected chi connectivity index (χ0v) is 14.4. The molecule has 0 aliphatic heterocycles. The molecule has 0 unspecified atom stereocenters. The Morgan fingerprint density at radius 2 is 2.04 bits per heavy atom. The first kappa shape index (κ1) is 17.6. The van der Waals surface area contributed by atoms with Crippen molar-refractivity contribution in [3.8, 4) is 5.75 Å². The molecule has 0 saturated heterocycles. The molecule has 0 bridgehead atoms. The lowest BCUT2D eigenvalue weighted by molar-refractivity contribution is -0.120. The Morgan fingerprint density at radius 3 is 2.78 bits per heavy atom. The Hall–Kier alpha value is -1.71. The third-order valence-corrected chi connectivity index (χ3v) is 4.22. The van der Waals surface area contributed by atoms with Crippen LogP contribution in [0.2, 0.25) is 0 Å². The van der Waals surface area contributed by atoms with Gasteiger partial charge in [0.1, 0.15) is 5.75 Å². The van der Waals surface area contributed by atoms with E-state index in [0.717, 1.165) is 37.3 Å². The molecule has 128 valence electrons. The van der Waals surface area contributed by atoms with Gasteiger partial charge in [0.25, 0.3) is 0 Å². The van der Waals surface area contributed by atoms with Gasteiger partial charge in [0.15, 0.2) is 0 Å². The number of amides is 1. The van der Waals surface area contributed by atoms with Crippen LogP contribution < -0.4 is 15.4 Å². The van der Waals surface area contributed by atoms with Crippen molar-refractivity contribution in [3.63, 3.8) is 0 Å². The van der Waals surface area contributed by atoms with Gasteiger partial charge in [0.2, 0.25) is 5.91 Å². The highest BCUT2D eigenvalue weighted by Gasteiger charge is 2.15. The summed E-state index contributed by atoms with van der Waals surface area (Å²) < 4.78 is 5.75. The van der Waals surface area contributed by atoms with E-state index in [1.54, 1.807) is 0 Å². The SMILES string of the molecule is CC(C)CCOc1cccc(NCC(=O)NC2CCCCC2)c1. The summed E-state index contributed by atoms with van der Waals surface area (Å²) in [4.78, 5) is 12.0. The highest BCUT2D eigenvalue weighted by molar-refractivity contribution is 5.81. The van der Waals surface area contributed by atoms with Crippen LogP contribution in [-0.4, -0.2) is 25.1 Å². The van der Waals surface area contributed by atoms with Crippen LogP contribution in [0.4, 0.5) is 5.69 Å². The molecule has 1 aromatic carbocycles. The van der Waals surface area contributed by atoms with Crippen molar-refractivity contribution in [2.45, 2.75) is 58.4 Å². The fraction of sp³-hybridized carbons (Fsp3) is 0.632. The normalized spacial score (nSPS) is 15.4. The van der Waals surface area contributed by atoms with Gasteiger partial charge >= 0.3 is 0 Å². The molecule has 2 N–H and O–H groups in total. The third-order valence-electron chi connectivity index (χ3n) is 4.22. The second-order valence-corrected chi connectivity index (χ2v) is 6.81. The van der Waals surface area contributed by atoms with E-state index in [1.165, 1.54) is 19.3 Å². The van der Waals surface area contributed by atoms with Gasteiger partial charge in [0.05, 0.1) is 13.2 Å². The van der Waals surface area contributed by atoms with Gasteiger partial charge in [-0.05, 0) is 37.3 Å². The number of carbonyl (C=O) groups excluding carboxylic acids is 1. The van der Waals surface area contributed by atoms with Crippen LogP contribution >= 0.6 is 0 Å². The molecule has 1 saturated carbocycles. The van der Waals surface area contributed by atoms with E-state index in [-0.39, 0.29) is 5.91 Å². The standard InChI is InChI=1S/C19H30N2O2/c1-15(2)11-12-23-18-10-6-9-17(13-18)20-14-19(22)21-16-7-4-3-5-8-16/h6,9-10,13,15-16,20H,3-5,7-8,11-12,14H2,1-2H3,(H,21,22). The molecule has 0 aromatic heterocycles. The molecule has 1 fully saturated rings. The monoisotopic (exact) mass is 318 g/mol. The average Bonchev–Trinajstić information content (AvgIpc) is 2.54. The van der Waals surface area contributed by atoms with Crippen LogP contribution in [0.25, 0.3) is 0 Å². The molecule has 2 rings (SSSR count). The van der Waals surface area contributed by atoms with E-state index >= 15 is 0 Å². The van der Waals surface area contributed by atoms with Crippen LogP contribution in [0.15, 0.2) is 24.3 Å². The first-order valence-corrected chi connectivity index (χ1v) is 8.89. The molecule has 23 heavy (non-hydrogen) atoms. The van der Waals surface area contributed by atoms with Crippen molar-refractivity contribution in [2.75, 3.05) is 18.5 Å². The highest BCUT2D eigenvalue weighted by Crippen LogP contribution is 2.19. The number of anilines is 1. The molecule has 0 heterocycles. The summed E-state index contributed by atoms with van der Waals surface area (Å²) >= 11 is 0. The van der Waals surface area contributed by atoms with Crippen molar-refractivity contribution in [1.82, 2.24) is 5.32 Å². The fourth-order valence-electron chi connectivity index (χ4n) is 2.82. The van der Waals surface area contributed by atoms with E-state index in [9.17, 15) is 4.79 Å². The molecule has 0 atom stereocenters. The van der Waals surface area contributed by atoms with E-state index in [0.29, 0.717) is 18.5 Å². The van der Waals surface area contributed by atoms with E-state index < -0.39 is 0 Å². The fourth-order valence-corrected chi connectivity index (χ4v) is 2.82. The van der Waals surface area contributed by atoms with Crippen LogP contribution in [0.3, 0.4) is 0 Å². The number of hydrogen-bond donors (Lipinski definition) is 2. The number of rotatable bonds is 8. The summed E-state index contributed by atoms with van der Waals surface area (Å²) in [5.74, 6) is 1.56. The van der Waals surface area contributed by atoms with Gasteiger partial charge in [-0.1, -0.05) is 39.2 Å². The quantitative estimate of drug-likeness (QED) is 0.762. The molecule has 1 amide bonds. The molecule has 0 radical (unpaired) electrons. The second kappa shape index (κ2) is 9.43. The number of hydrogen-bond acceptors (Lipinski definition) is 3. The minimum Gasteiger partial charge on any atom is -0.494 e. The maximum absolute atomic E-state index is 12.0. The summed E-state index contributed by atoms with van der Waals surface area (Å²) in [6, 6.07) is 8.18. The first-order valence-electron chi connectivity index (χ1n) is 8.89. The molecule has 1 aromatic rings. The van der Waals surface area contributed by atoms with Gasteiger partial charge in [-0.25, -0.2) is 0 Å². The van der Waals surface area contributed by atoms with Crippen LogP contribution in [0, 0.1) is 5.92 Å². The van der Waals surface area contributed by atoms with E-state index in [4.69, 9.17) is 4.74 Å². The van der Waals surface area contributed by atoms with E-state index in [2.05, 4.69) is 24.5 Å².